The molecule has 0 spiro atoms. The Balaban J connectivity index is 1.97. The van der Waals surface area contributed by atoms with Crippen LogP contribution in [0.25, 0.3) is 0 Å². The van der Waals surface area contributed by atoms with Gasteiger partial charge in [0.25, 0.3) is 0 Å². The minimum absolute atomic E-state index is 0.175. The second-order valence-corrected chi connectivity index (χ2v) is 5.10. The summed E-state index contributed by atoms with van der Waals surface area (Å²) >= 11 is 0. The van der Waals surface area contributed by atoms with Gasteiger partial charge in [0.1, 0.15) is 6.92 Å². The van der Waals surface area contributed by atoms with Crippen molar-refractivity contribution in [2.45, 2.75) is 37.6 Å². The summed E-state index contributed by atoms with van der Waals surface area (Å²) in [5.41, 5.74) is 1.94. The largest absolute Gasteiger partial charge is 0.420 e. The molecule has 0 atom stereocenters. The van der Waals surface area contributed by atoms with Gasteiger partial charge in [-0.3, -0.25) is 0 Å². The quantitative estimate of drug-likeness (QED) is 0.668. The maximum Gasteiger partial charge on any atom is 0.341 e. The fourth-order valence-corrected chi connectivity index (χ4v) is 2.78. The lowest BCUT2D eigenvalue weighted by atomic mass is 9.81. The van der Waals surface area contributed by atoms with Gasteiger partial charge in [-0.05, 0) is 56.3 Å². The van der Waals surface area contributed by atoms with E-state index in [-0.39, 0.29) is 12.6 Å². The monoisotopic (exact) mass is 260 g/mol. The van der Waals surface area contributed by atoms with Gasteiger partial charge in [0.15, 0.2) is 0 Å². The van der Waals surface area contributed by atoms with Crippen molar-refractivity contribution in [2.24, 2.45) is 0 Å². The van der Waals surface area contributed by atoms with Gasteiger partial charge >= 0.3 is 5.97 Å². The van der Waals surface area contributed by atoms with Gasteiger partial charge in [-0.25, -0.2) is 4.79 Å². The zero-order valence-corrected chi connectivity index (χ0v) is 11.5. The number of carbonyl (C=O) groups is 1. The Bertz CT molecular complexity index is 405. The van der Waals surface area contributed by atoms with Crippen molar-refractivity contribution in [2.75, 3.05) is 13.7 Å². The molecule has 0 saturated heterocycles. The molecule has 19 heavy (non-hydrogen) atoms. The highest BCUT2D eigenvalue weighted by molar-refractivity contribution is 5.89. The molecule has 0 unspecified atom stereocenters. The van der Waals surface area contributed by atoms with Crippen molar-refractivity contribution < 1.29 is 9.53 Å². The second kappa shape index (κ2) is 6.62. The molecule has 0 heterocycles. The zero-order chi connectivity index (χ0) is 13.7. The fourth-order valence-electron chi connectivity index (χ4n) is 2.78. The lowest BCUT2D eigenvalue weighted by molar-refractivity contribution is 0.0547. The van der Waals surface area contributed by atoms with Crippen molar-refractivity contribution in [3.8, 4) is 0 Å². The molecule has 0 amide bonds. The summed E-state index contributed by atoms with van der Waals surface area (Å²) in [6.07, 6.45) is 4.89. The molecular weight excluding hydrogens is 238 g/mol. The first-order chi connectivity index (χ1) is 9.24. The van der Waals surface area contributed by atoms with Gasteiger partial charge in [0.05, 0.1) is 5.56 Å². The van der Waals surface area contributed by atoms with E-state index >= 15 is 0 Å². The third-order valence-corrected chi connectivity index (χ3v) is 3.99. The average Bonchev–Trinajstić information content (AvgIpc) is 2.48. The lowest BCUT2D eigenvalue weighted by Crippen LogP contribution is -2.29. The number of carbonyl (C=O) groups excluding carboxylic acids is 1. The molecule has 1 aromatic carbocycles. The lowest BCUT2D eigenvalue weighted by Gasteiger charge is -2.28. The zero-order valence-electron chi connectivity index (χ0n) is 11.5. The van der Waals surface area contributed by atoms with Crippen LogP contribution < -0.4 is 5.32 Å². The van der Waals surface area contributed by atoms with Crippen LogP contribution in [0.2, 0.25) is 0 Å². The summed E-state index contributed by atoms with van der Waals surface area (Å²) < 4.78 is 4.88. The number of esters is 1. The summed E-state index contributed by atoms with van der Waals surface area (Å²) in [5, 5.41) is 3.35. The van der Waals surface area contributed by atoms with Crippen LogP contribution in [-0.2, 0) is 4.74 Å². The van der Waals surface area contributed by atoms with Crippen LogP contribution in [0.4, 0.5) is 0 Å². The van der Waals surface area contributed by atoms with E-state index < -0.39 is 0 Å². The topological polar surface area (TPSA) is 38.3 Å². The highest BCUT2D eigenvalue weighted by atomic mass is 16.5. The first-order valence-electron chi connectivity index (χ1n) is 6.98. The van der Waals surface area contributed by atoms with Gasteiger partial charge in [0, 0.05) is 6.04 Å². The molecule has 1 aliphatic rings. The smallest absolute Gasteiger partial charge is 0.341 e. The standard InChI is InChI=1S/C16H22NO2/c1-3-19-16(18)14-6-4-12(5-7-14)13-8-10-15(17-2)11-9-13/h4-7,13,15,17H,1,3,8-11H2,2H3/q+1. The SMILES string of the molecule is [CH2+]COC(=O)c1ccc(C2CCC(NC)CC2)cc1. The van der Waals surface area contributed by atoms with Gasteiger partial charge in [-0.15, -0.1) is 0 Å². The molecule has 1 saturated carbocycles. The summed E-state index contributed by atoms with van der Waals surface area (Å²) in [4.78, 5) is 11.5. The van der Waals surface area contributed by atoms with E-state index in [4.69, 9.17) is 4.74 Å². The molecule has 3 heteroatoms. The van der Waals surface area contributed by atoms with Crippen LogP contribution in [-0.4, -0.2) is 25.7 Å². The Hall–Kier alpha value is -1.48. The highest BCUT2D eigenvalue weighted by Gasteiger charge is 2.21. The van der Waals surface area contributed by atoms with Crippen molar-refractivity contribution in [3.05, 3.63) is 42.3 Å². The molecule has 2 rings (SSSR count). The Morgan fingerprint density at radius 2 is 1.89 bits per heavy atom. The summed E-state index contributed by atoms with van der Waals surface area (Å²) in [7, 11) is 2.04. The first-order valence-corrected chi connectivity index (χ1v) is 6.98. The van der Waals surface area contributed by atoms with E-state index in [2.05, 4.69) is 24.4 Å². The number of benzene rings is 1. The van der Waals surface area contributed by atoms with E-state index in [0.29, 0.717) is 17.5 Å². The van der Waals surface area contributed by atoms with Crippen LogP contribution >= 0.6 is 0 Å². The molecule has 0 bridgehead atoms. The van der Waals surface area contributed by atoms with E-state index in [1.54, 1.807) is 0 Å². The fraction of sp³-hybridized carbons (Fsp3) is 0.500. The molecule has 1 aromatic rings. The molecule has 0 aromatic heterocycles. The second-order valence-electron chi connectivity index (χ2n) is 5.10. The number of hydrogen-bond donors (Lipinski definition) is 1. The van der Waals surface area contributed by atoms with Crippen molar-refractivity contribution in [1.82, 2.24) is 5.32 Å². The molecule has 102 valence electrons. The Morgan fingerprint density at radius 1 is 1.26 bits per heavy atom. The summed E-state index contributed by atoms with van der Waals surface area (Å²) in [5.74, 6) is 0.336. The molecule has 1 fully saturated rings. The van der Waals surface area contributed by atoms with Crippen molar-refractivity contribution in [1.29, 1.82) is 0 Å². The molecule has 1 N–H and O–H groups in total. The minimum Gasteiger partial charge on any atom is -0.420 e. The molecule has 0 aliphatic heterocycles. The molecule has 0 radical (unpaired) electrons. The maximum absolute atomic E-state index is 11.5. The van der Waals surface area contributed by atoms with Crippen LogP contribution in [0.15, 0.2) is 24.3 Å². The third kappa shape index (κ3) is 3.51. The minimum atomic E-state index is -0.291. The number of ether oxygens (including phenoxy) is 1. The van der Waals surface area contributed by atoms with Crippen LogP contribution in [0.5, 0.6) is 0 Å². The number of rotatable bonds is 4. The van der Waals surface area contributed by atoms with Crippen LogP contribution in [0.1, 0.15) is 47.5 Å². The van der Waals surface area contributed by atoms with Crippen LogP contribution in [0, 0.1) is 6.92 Å². The highest BCUT2D eigenvalue weighted by Crippen LogP contribution is 2.32. The third-order valence-electron chi connectivity index (χ3n) is 3.99. The Kier molecular flexibility index (Phi) is 4.86. The normalized spacial score (nSPS) is 23.0. The number of hydrogen-bond acceptors (Lipinski definition) is 3. The van der Waals surface area contributed by atoms with E-state index in [1.807, 2.05) is 19.2 Å². The van der Waals surface area contributed by atoms with Gasteiger partial charge in [-0.1, -0.05) is 12.1 Å². The number of nitrogens with one attached hydrogen (secondary N) is 1. The average molecular weight is 260 g/mol. The Morgan fingerprint density at radius 3 is 2.42 bits per heavy atom. The van der Waals surface area contributed by atoms with Gasteiger partial charge in [-0.2, -0.15) is 0 Å². The van der Waals surface area contributed by atoms with Gasteiger partial charge < -0.3 is 10.1 Å². The van der Waals surface area contributed by atoms with E-state index in [9.17, 15) is 4.79 Å². The summed E-state index contributed by atoms with van der Waals surface area (Å²) in [6, 6.07) is 8.51. The first kappa shape index (κ1) is 13.9. The Labute approximate surface area is 115 Å². The summed E-state index contributed by atoms with van der Waals surface area (Å²) in [6.45, 7) is 3.68. The van der Waals surface area contributed by atoms with Crippen LogP contribution in [0.3, 0.4) is 0 Å². The molecule has 1 aliphatic carbocycles. The predicted molar refractivity (Wildman–Crippen MR) is 76.1 cm³/mol. The van der Waals surface area contributed by atoms with E-state index in [0.717, 1.165) is 0 Å². The van der Waals surface area contributed by atoms with E-state index in [1.165, 1.54) is 31.2 Å². The van der Waals surface area contributed by atoms with Crippen molar-refractivity contribution >= 4 is 5.97 Å². The van der Waals surface area contributed by atoms with Crippen molar-refractivity contribution in [3.63, 3.8) is 0 Å². The molecular formula is C16H22NO2+. The predicted octanol–water partition coefficient (Wildman–Crippen LogP) is 2.92. The molecule has 3 nitrogen and oxygen atoms in total. The maximum atomic E-state index is 11.5. The van der Waals surface area contributed by atoms with Gasteiger partial charge in [0.2, 0.25) is 6.61 Å².